The van der Waals surface area contributed by atoms with Crippen molar-refractivity contribution in [2.24, 2.45) is 5.41 Å². The first-order valence-corrected chi connectivity index (χ1v) is 12.3. The molecule has 0 spiro atoms. The van der Waals surface area contributed by atoms with Crippen LogP contribution in [-0.2, 0) is 37.1 Å². The Bertz CT molecular complexity index is 1020. The van der Waals surface area contributed by atoms with Gasteiger partial charge >= 0.3 is 70.3 Å². The van der Waals surface area contributed by atoms with Gasteiger partial charge in [-0.25, -0.2) is 6.08 Å². The Hall–Kier alpha value is -1.53. The standard InChI is InChI=1S/C13H9.C9H13.C8H8.2ClH.Zr/c1-3-7-12-10(5-1)9-11-6-2-4-8-13(11)12;1-9(2,3)8-6-4-5-7-8;1-2-8-6-4-3-5-7-8;;;/h1-5,7-8H,9H2;6-7H,4H2,1-3H3;1,3-7H,2H2;2*1H;/q2*-1;;;;+2/p-2. The van der Waals surface area contributed by atoms with E-state index in [0.29, 0.717) is 5.41 Å². The van der Waals surface area contributed by atoms with Crippen LogP contribution in [0.1, 0.15) is 43.9 Å². The number of benzene rings is 3. The van der Waals surface area contributed by atoms with Crippen LogP contribution in [0.15, 0.2) is 90.5 Å². The van der Waals surface area contributed by atoms with E-state index in [1.807, 2.05) is 12.1 Å². The van der Waals surface area contributed by atoms with Gasteiger partial charge in [-0.3, -0.25) is 6.08 Å². The number of hydrogen-bond donors (Lipinski definition) is 0. The minimum atomic E-state index is 0. The minimum absolute atomic E-state index is 0. The quantitative estimate of drug-likeness (QED) is 0.330. The van der Waals surface area contributed by atoms with Crippen molar-refractivity contribution in [3.63, 3.8) is 0 Å². The Morgan fingerprint density at radius 3 is 2.15 bits per heavy atom. The van der Waals surface area contributed by atoms with Gasteiger partial charge in [0.25, 0.3) is 0 Å². The molecule has 3 heteroatoms. The maximum Gasteiger partial charge on any atom is -0.0253 e. The van der Waals surface area contributed by atoms with Gasteiger partial charge in [0.05, 0.1) is 0 Å². The molecule has 0 saturated heterocycles. The normalized spacial score (nSPS) is 12.3. The van der Waals surface area contributed by atoms with Crippen molar-refractivity contribution in [2.75, 3.05) is 0 Å². The Kier molecular flexibility index (Phi) is 13.1. The van der Waals surface area contributed by atoms with Crippen molar-refractivity contribution in [3.8, 4) is 11.1 Å². The average molecular weight is 553 g/mol. The summed E-state index contributed by atoms with van der Waals surface area (Å²) in [5.74, 6) is 0. The molecule has 0 unspecified atom stereocenters. The second-order valence-corrected chi connectivity index (χ2v) is 9.76. The molecule has 0 radical (unpaired) electrons. The third-order valence-corrected chi connectivity index (χ3v) is 5.86. The molecular weight excluding hydrogens is 522 g/mol. The predicted molar refractivity (Wildman–Crippen MR) is 130 cm³/mol. The van der Waals surface area contributed by atoms with Gasteiger partial charge in [-0.15, -0.1) is 12.0 Å². The maximum absolute atomic E-state index is 3.30. The molecule has 170 valence electrons. The summed E-state index contributed by atoms with van der Waals surface area (Å²) in [6.07, 6.45) is 10.7. The molecule has 0 fully saturated rings. The molecule has 0 atom stereocenters. The van der Waals surface area contributed by atoms with Crippen LogP contribution in [0.4, 0.5) is 0 Å². The zero-order valence-corrected chi connectivity index (χ0v) is 23.5. The van der Waals surface area contributed by atoms with Gasteiger partial charge < -0.3 is 24.8 Å². The van der Waals surface area contributed by atoms with E-state index in [1.54, 1.807) is 0 Å². The van der Waals surface area contributed by atoms with Crippen molar-refractivity contribution in [1.29, 1.82) is 0 Å². The zero-order valence-electron chi connectivity index (χ0n) is 19.5. The fourth-order valence-electron chi connectivity index (χ4n) is 3.65. The first-order valence-electron chi connectivity index (χ1n) is 10.9. The van der Waals surface area contributed by atoms with Crippen molar-refractivity contribution < 1.29 is 49.0 Å². The van der Waals surface area contributed by atoms with Crippen molar-refractivity contribution >= 4 is 3.71 Å². The molecule has 3 aromatic carbocycles. The van der Waals surface area contributed by atoms with Crippen molar-refractivity contribution in [1.82, 2.24) is 0 Å². The monoisotopic (exact) mass is 550 g/mol. The van der Waals surface area contributed by atoms with Gasteiger partial charge in [-0.1, -0.05) is 61.6 Å². The number of hydrogen-bond acceptors (Lipinski definition) is 0. The second-order valence-electron chi connectivity index (χ2n) is 8.75. The molecule has 0 aliphatic heterocycles. The molecule has 33 heavy (non-hydrogen) atoms. The van der Waals surface area contributed by atoms with E-state index < -0.39 is 0 Å². The van der Waals surface area contributed by atoms with Gasteiger partial charge in [-0.2, -0.15) is 41.5 Å². The summed E-state index contributed by atoms with van der Waals surface area (Å²) < 4.78 is 2.25. The van der Waals surface area contributed by atoms with Crippen molar-refractivity contribution in [3.05, 3.63) is 119 Å². The molecule has 0 heterocycles. The van der Waals surface area contributed by atoms with E-state index in [4.69, 9.17) is 0 Å². The third kappa shape index (κ3) is 8.97. The Labute approximate surface area is 227 Å². The zero-order chi connectivity index (χ0) is 22.1. The largest absolute Gasteiger partial charge is 0.179 e. The maximum atomic E-state index is 3.30. The molecule has 0 aromatic heterocycles. The number of allylic oxidation sites excluding steroid dienone is 4. The molecule has 0 amide bonds. The van der Waals surface area contributed by atoms with Gasteiger partial charge in [0.1, 0.15) is 0 Å². The van der Waals surface area contributed by atoms with Gasteiger partial charge in [-0.05, 0) is 6.42 Å². The fourth-order valence-corrected chi connectivity index (χ4v) is 4.23. The summed E-state index contributed by atoms with van der Waals surface area (Å²) in [5.41, 5.74) is 8.66. The van der Waals surface area contributed by atoms with Crippen LogP contribution < -0.4 is 24.8 Å². The van der Waals surface area contributed by atoms with Gasteiger partial charge in [0.2, 0.25) is 0 Å². The molecule has 0 nitrogen and oxygen atoms in total. The summed E-state index contributed by atoms with van der Waals surface area (Å²) >= 11 is 1.51. The van der Waals surface area contributed by atoms with Crippen LogP contribution in [0.25, 0.3) is 11.1 Å². The fraction of sp³-hybridized carbons (Fsp3) is 0.233. The van der Waals surface area contributed by atoms with E-state index >= 15 is 0 Å². The van der Waals surface area contributed by atoms with E-state index in [1.165, 1.54) is 57.6 Å². The molecule has 2 aliphatic rings. The van der Waals surface area contributed by atoms with Gasteiger partial charge in [0, 0.05) is 0 Å². The Morgan fingerprint density at radius 2 is 1.55 bits per heavy atom. The van der Waals surface area contributed by atoms with E-state index in [-0.39, 0.29) is 24.8 Å². The molecular formula is C30H30Cl2Zr-2. The summed E-state index contributed by atoms with van der Waals surface area (Å²) in [5, 5.41) is 0. The second kappa shape index (κ2) is 14.7. The Balaban J connectivity index is 0.000000247. The van der Waals surface area contributed by atoms with Gasteiger partial charge in [0.15, 0.2) is 0 Å². The Morgan fingerprint density at radius 1 is 0.879 bits per heavy atom. The van der Waals surface area contributed by atoms with Crippen LogP contribution >= 0.6 is 0 Å². The summed E-state index contributed by atoms with van der Waals surface area (Å²) in [6.45, 7) is 6.67. The topological polar surface area (TPSA) is 0 Å². The summed E-state index contributed by atoms with van der Waals surface area (Å²) in [6, 6.07) is 28.6. The van der Waals surface area contributed by atoms with Crippen LogP contribution in [0, 0.1) is 17.6 Å². The molecule has 2 aliphatic carbocycles. The van der Waals surface area contributed by atoms with E-state index in [2.05, 4.69) is 109 Å². The SMILES string of the molecule is CC(C)(C)C1=CC[C-]=C1.[Cl-].[Cl-].[Zr+2]=[CH]Cc1ccccc1.[c-]1cccc2c1Cc1ccccc1-2. The summed E-state index contributed by atoms with van der Waals surface area (Å²) in [7, 11) is 0. The molecule has 0 N–H and O–H groups in total. The smallest absolute Gasteiger partial charge is 0.0253 e. The summed E-state index contributed by atoms with van der Waals surface area (Å²) in [4.78, 5) is 0. The number of fused-ring (bicyclic) bond motifs is 3. The first-order chi connectivity index (χ1) is 15.0. The average Bonchev–Trinajstić information content (AvgIpc) is 3.44. The molecule has 0 saturated carbocycles. The third-order valence-electron chi connectivity index (χ3n) is 5.36. The molecule has 0 bridgehead atoms. The van der Waals surface area contributed by atoms with Crippen LogP contribution in [0.3, 0.4) is 0 Å². The van der Waals surface area contributed by atoms with E-state index in [9.17, 15) is 0 Å². The number of rotatable bonds is 2. The van der Waals surface area contributed by atoms with Crippen LogP contribution in [0.5, 0.6) is 0 Å². The van der Waals surface area contributed by atoms with Crippen LogP contribution in [0.2, 0.25) is 0 Å². The van der Waals surface area contributed by atoms with Crippen LogP contribution in [-0.4, -0.2) is 3.71 Å². The molecule has 3 aromatic rings. The van der Waals surface area contributed by atoms with Crippen molar-refractivity contribution in [2.45, 2.75) is 40.0 Å². The minimum Gasteiger partial charge on any atom is -0.179 e. The number of halogens is 2. The van der Waals surface area contributed by atoms with E-state index in [0.717, 1.165) is 19.3 Å². The first kappa shape index (κ1) is 29.5. The molecule has 5 rings (SSSR count). The predicted octanol–water partition coefficient (Wildman–Crippen LogP) is 1.37.